The maximum atomic E-state index is 11.4. The number of aromatic hydroxyl groups is 1. The van der Waals surface area contributed by atoms with Crippen LogP contribution in [0, 0.1) is 18.3 Å². The van der Waals surface area contributed by atoms with Crippen LogP contribution < -0.4 is 10.9 Å². The molecule has 1 heterocycles. The predicted octanol–water partition coefficient (Wildman–Crippen LogP) is 1.60. The lowest BCUT2D eigenvalue weighted by atomic mass is 10.1. The summed E-state index contributed by atoms with van der Waals surface area (Å²) in [6, 6.07) is 4.29. The summed E-state index contributed by atoms with van der Waals surface area (Å²) >= 11 is 0. The molecule has 2 aromatic rings. The van der Waals surface area contributed by atoms with Crippen LogP contribution in [0.4, 0.5) is 0 Å². The third-order valence-corrected chi connectivity index (χ3v) is 2.98. The van der Waals surface area contributed by atoms with Crippen LogP contribution in [0.3, 0.4) is 0 Å². The molecule has 0 spiro atoms. The highest BCUT2D eigenvalue weighted by Gasteiger charge is 2.15. The van der Waals surface area contributed by atoms with Crippen LogP contribution in [0.5, 0.6) is 5.75 Å². The minimum Gasteiger partial charge on any atom is -0.508 e. The second kappa shape index (κ2) is 4.00. The van der Waals surface area contributed by atoms with Gasteiger partial charge in [0.05, 0.1) is 5.30 Å². The molecule has 0 aliphatic carbocycles. The number of phenolic OH excluding ortho intramolecular Hbond substituents is 1. The SMILES string of the molecule is Cc1c(C#N)c(=O)oc2cc(O)cc(P=O)c12. The van der Waals surface area contributed by atoms with Crippen molar-refractivity contribution < 1.29 is 14.1 Å². The standard InChI is InChI=1S/C11H6NO4P/c1-5-7(4-12)11(14)16-8-2-6(13)3-9(17-15)10(5)8/h2-3,13H,1H3. The van der Waals surface area contributed by atoms with Crippen molar-refractivity contribution in [2.75, 3.05) is 0 Å². The lowest BCUT2D eigenvalue weighted by molar-refractivity contribution is 0.473. The quantitative estimate of drug-likeness (QED) is 0.610. The Morgan fingerprint density at radius 2 is 2.18 bits per heavy atom. The molecule has 0 amide bonds. The van der Waals surface area contributed by atoms with E-state index in [1.54, 1.807) is 13.0 Å². The number of nitriles is 1. The topological polar surface area (TPSA) is 91.3 Å². The van der Waals surface area contributed by atoms with E-state index >= 15 is 0 Å². The lowest BCUT2D eigenvalue weighted by Gasteiger charge is -2.05. The van der Waals surface area contributed by atoms with Crippen molar-refractivity contribution in [2.45, 2.75) is 6.92 Å². The van der Waals surface area contributed by atoms with Gasteiger partial charge in [0.1, 0.15) is 23.0 Å². The Balaban J connectivity index is 3.09. The molecule has 0 saturated heterocycles. The van der Waals surface area contributed by atoms with E-state index in [1.807, 2.05) is 0 Å². The van der Waals surface area contributed by atoms with E-state index in [1.165, 1.54) is 12.1 Å². The molecule has 0 bridgehead atoms. The fraction of sp³-hybridized carbons (Fsp3) is 0.0909. The van der Waals surface area contributed by atoms with E-state index in [-0.39, 0.29) is 30.7 Å². The Bertz CT molecular complexity index is 727. The monoisotopic (exact) mass is 247 g/mol. The van der Waals surface area contributed by atoms with Crippen LogP contribution in [-0.4, -0.2) is 5.11 Å². The number of hydrogen-bond acceptors (Lipinski definition) is 5. The smallest absolute Gasteiger partial charge is 0.354 e. The average molecular weight is 247 g/mol. The van der Waals surface area contributed by atoms with Crippen LogP contribution >= 0.6 is 8.46 Å². The minimum atomic E-state index is -0.767. The summed E-state index contributed by atoms with van der Waals surface area (Å²) < 4.78 is 15.9. The van der Waals surface area contributed by atoms with Crippen molar-refractivity contribution in [3.63, 3.8) is 0 Å². The Morgan fingerprint density at radius 1 is 1.47 bits per heavy atom. The molecule has 0 saturated carbocycles. The first kappa shape index (κ1) is 11.3. The van der Waals surface area contributed by atoms with Crippen molar-refractivity contribution >= 4 is 24.7 Å². The van der Waals surface area contributed by atoms with Gasteiger partial charge in [-0.3, -0.25) is 4.57 Å². The molecule has 0 atom stereocenters. The summed E-state index contributed by atoms with van der Waals surface area (Å²) in [5, 5.41) is 18.9. The summed E-state index contributed by atoms with van der Waals surface area (Å²) in [4.78, 5) is 11.4. The number of hydrogen-bond donors (Lipinski definition) is 1. The highest BCUT2D eigenvalue weighted by atomic mass is 31.1. The van der Waals surface area contributed by atoms with Gasteiger partial charge in [-0.2, -0.15) is 5.26 Å². The third-order valence-electron chi connectivity index (χ3n) is 2.43. The first-order chi connectivity index (χ1) is 8.08. The molecule has 84 valence electrons. The van der Waals surface area contributed by atoms with Crippen molar-refractivity contribution in [3.05, 3.63) is 33.7 Å². The maximum absolute atomic E-state index is 11.4. The van der Waals surface area contributed by atoms with Crippen molar-refractivity contribution in [1.29, 1.82) is 5.26 Å². The Labute approximate surface area is 97.1 Å². The van der Waals surface area contributed by atoms with Crippen LogP contribution in [0.1, 0.15) is 11.1 Å². The number of rotatable bonds is 1. The van der Waals surface area contributed by atoms with Crippen molar-refractivity contribution in [3.8, 4) is 11.8 Å². The molecule has 1 aromatic heterocycles. The fourth-order valence-electron chi connectivity index (χ4n) is 1.67. The molecule has 0 aliphatic heterocycles. The van der Waals surface area contributed by atoms with E-state index in [0.717, 1.165) is 0 Å². The molecule has 17 heavy (non-hydrogen) atoms. The van der Waals surface area contributed by atoms with Gasteiger partial charge in [-0.05, 0) is 18.6 Å². The number of aryl methyl sites for hydroxylation is 1. The zero-order valence-corrected chi connectivity index (χ0v) is 9.62. The van der Waals surface area contributed by atoms with Gasteiger partial charge < -0.3 is 9.52 Å². The van der Waals surface area contributed by atoms with E-state index in [2.05, 4.69) is 0 Å². The minimum absolute atomic E-state index is 0.116. The molecule has 1 N–H and O–H groups in total. The summed E-state index contributed by atoms with van der Waals surface area (Å²) in [6.45, 7) is 1.57. The average Bonchev–Trinajstić information content (AvgIpc) is 2.27. The van der Waals surface area contributed by atoms with Crippen LogP contribution in [0.15, 0.2) is 21.3 Å². The van der Waals surface area contributed by atoms with Gasteiger partial charge >= 0.3 is 5.63 Å². The molecule has 0 radical (unpaired) electrons. The largest absolute Gasteiger partial charge is 0.508 e. The van der Waals surface area contributed by atoms with Crippen LogP contribution in [0.25, 0.3) is 11.0 Å². The summed E-state index contributed by atoms with van der Waals surface area (Å²) in [5.74, 6) is -0.150. The number of phenols is 1. The van der Waals surface area contributed by atoms with Crippen LogP contribution in [-0.2, 0) is 4.57 Å². The Hall–Kier alpha value is -2.18. The number of fused-ring (bicyclic) bond motifs is 1. The van der Waals surface area contributed by atoms with Gasteiger partial charge in [0, 0.05) is 11.5 Å². The lowest BCUT2D eigenvalue weighted by Crippen LogP contribution is -2.10. The summed E-state index contributed by atoms with van der Waals surface area (Å²) in [7, 11) is -0.320. The van der Waals surface area contributed by atoms with Gasteiger partial charge in [-0.25, -0.2) is 4.79 Å². The Kier molecular flexibility index (Phi) is 2.66. The van der Waals surface area contributed by atoms with E-state index in [0.29, 0.717) is 10.9 Å². The normalized spacial score (nSPS) is 10.6. The first-order valence-electron chi connectivity index (χ1n) is 4.62. The van der Waals surface area contributed by atoms with E-state index in [9.17, 15) is 14.5 Å². The summed E-state index contributed by atoms with van der Waals surface area (Å²) in [6.07, 6.45) is 0. The molecule has 0 aliphatic rings. The zero-order chi connectivity index (χ0) is 12.6. The molecular formula is C11H6NO4P. The number of nitrogens with zero attached hydrogens (tertiary/aromatic N) is 1. The van der Waals surface area contributed by atoms with Gasteiger partial charge in [0.25, 0.3) is 0 Å². The van der Waals surface area contributed by atoms with Crippen LogP contribution in [0.2, 0.25) is 0 Å². The zero-order valence-electron chi connectivity index (χ0n) is 8.72. The van der Waals surface area contributed by atoms with E-state index < -0.39 is 5.63 Å². The molecule has 6 heteroatoms. The molecule has 5 nitrogen and oxygen atoms in total. The predicted molar refractivity (Wildman–Crippen MR) is 60.8 cm³/mol. The summed E-state index contributed by atoms with van der Waals surface area (Å²) in [5.41, 5.74) is -0.369. The molecule has 2 rings (SSSR count). The highest BCUT2D eigenvalue weighted by molar-refractivity contribution is 7.34. The number of benzene rings is 1. The molecule has 1 aromatic carbocycles. The Morgan fingerprint density at radius 3 is 2.76 bits per heavy atom. The molecule has 0 fully saturated rings. The van der Waals surface area contributed by atoms with Crippen molar-refractivity contribution in [2.24, 2.45) is 0 Å². The van der Waals surface area contributed by atoms with Gasteiger partial charge in [-0.1, -0.05) is 0 Å². The first-order valence-corrected chi connectivity index (χ1v) is 5.43. The van der Waals surface area contributed by atoms with E-state index in [4.69, 9.17) is 9.68 Å². The molecular weight excluding hydrogens is 241 g/mol. The van der Waals surface area contributed by atoms with Gasteiger partial charge in [0.15, 0.2) is 8.46 Å². The van der Waals surface area contributed by atoms with Crippen molar-refractivity contribution in [1.82, 2.24) is 0 Å². The fourth-order valence-corrected chi connectivity index (χ4v) is 2.23. The van der Waals surface area contributed by atoms with Gasteiger partial charge in [-0.15, -0.1) is 0 Å². The maximum Gasteiger partial charge on any atom is 0.354 e. The second-order valence-corrected chi connectivity index (χ2v) is 4.10. The highest BCUT2D eigenvalue weighted by Crippen LogP contribution is 2.24. The molecule has 0 unspecified atom stereocenters. The van der Waals surface area contributed by atoms with Gasteiger partial charge in [0.2, 0.25) is 0 Å². The second-order valence-electron chi connectivity index (χ2n) is 3.43. The third kappa shape index (κ3) is 1.69.